The molecule has 0 radical (unpaired) electrons. The Balaban J connectivity index is 1.73. The molecule has 1 saturated carbocycles. The van der Waals surface area contributed by atoms with E-state index >= 15 is 0 Å². The highest BCUT2D eigenvalue weighted by molar-refractivity contribution is 6.22. The molecule has 0 bridgehead atoms. The van der Waals surface area contributed by atoms with Gasteiger partial charge < -0.3 is 31.5 Å². The molecule has 4 atom stereocenters. The highest BCUT2D eigenvalue weighted by Gasteiger charge is 2.60. The third-order valence-corrected chi connectivity index (χ3v) is 7.82. The molecule has 192 valence electrons. The van der Waals surface area contributed by atoms with E-state index in [0.717, 1.165) is 6.07 Å². The molecule has 0 spiro atoms. The van der Waals surface area contributed by atoms with Crippen molar-refractivity contribution in [2.45, 2.75) is 49.9 Å². The molecule has 3 aliphatic carbocycles. The smallest absolute Gasteiger partial charge is 0.417 e. The highest BCUT2D eigenvalue weighted by Crippen LogP contribution is 2.54. The van der Waals surface area contributed by atoms with Gasteiger partial charge in [0.05, 0.1) is 11.1 Å². The van der Waals surface area contributed by atoms with Crippen molar-refractivity contribution < 1.29 is 48.0 Å². The van der Waals surface area contributed by atoms with Crippen LogP contribution in [0.1, 0.15) is 54.0 Å². The number of hydrogen-bond acceptors (Lipinski definition) is 8. The first kappa shape index (κ1) is 24.3. The normalized spacial score (nSPS) is 30.3. The molecule has 1 amide bonds. The molecule has 36 heavy (non-hydrogen) atoms. The highest BCUT2D eigenvalue weighted by atomic mass is 19.4. The largest absolute Gasteiger partial charge is 0.508 e. The molecular weight excluding hydrogens is 485 g/mol. The van der Waals surface area contributed by atoms with E-state index in [-0.39, 0.29) is 17.5 Å². The van der Waals surface area contributed by atoms with Crippen molar-refractivity contribution in [1.29, 1.82) is 0 Å². The van der Waals surface area contributed by atoms with E-state index in [9.17, 15) is 48.0 Å². The lowest BCUT2D eigenvalue weighted by Gasteiger charge is -2.46. The van der Waals surface area contributed by atoms with Crippen molar-refractivity contribution in [3.63, 3.8) is 0 Å². The minimum absolute atomic E-state index is 0.161. The number of amides is 1. The van der Waals surface area contributed by atoms with E-state index in [2.05, 4.69) is 5.32 Å². The van der Waals surface area contributed by atoms with E-state index in [1.807, 2.05) is 0 Å². The topological polar surface area (TPSA) is 170 Å². The number of aliphatic hydroxyl groups is 3. The van der Waals surface area contributed by atoms with Crippen molar-refractivity contribution in [1.82, 2.24) is 5.32 Å². The summed E-state index contributed by atoms with van der Waals surface area (Å²) in [4.78, 5) is 37.5. The monoisotopic (exact) mass is 508 g/mol. The number of fused-ring (bicyclic) bond motifs is 3. The Morgan fingerprint density at radius 1 is 1.17 bits per heavy atom. The second-order valence-electron chi connectivity index (χ2n) is 9.77. The van der Waals surface area contributed by atoms with Gasteiger partial charge in [-0.2, -0.15) is 13.2 Å². The maximum Gasteiger partial charge on any atom is 0.417 e. The van der Waals surface area contributed by atoms with E-state index < -0.39 is 99.5 Å². The number of nitrogens with two attached hydrogens (primary N) is 1. The van der Waals surface area contributed by atoms with Crippen LogP contribution in [0.5, 0.6) is 5.75 Å². The number of nitrogens with one attached hydrogen (secondary N) is 1. The fourth-order valence-corrected chi connectivity index (χ4v) is 6.28. The number of halogens is 3. The number of rotatable bonds is 2. The number of Topliss-reactive ketones (excluding diaryl/α,β-unsaturated/α-hetero) is 2. The number of benzene rings is 1. The molecule has 9 nitrogen and oxygen atoms in total. The zero-order chi connectivity index (χ0) is 26.3. The van der Waals surface area contributed by atoms with E-state index in [0.29, 0.717) is 19.4 Å². The van der Waals surface area contributed by atoms with Gasteiger partial charge in [-0.3, -0.25) is 14.4 Å². The summed E-state index contributed by atoms with van der Waals surface area (Å²) in [5.74, 6) is -8.67. The van der Waals surface area contributed by atoms with Gasteiger partial charge in [0, 0.05) is 24.0 Å². The Labute approximate surface area is 202 Å². The van der Waals surface area contributed by atoms with Crippen LogP contribution in [0.3, 0.4) is 0 Å². The number of aromatic hydroxyl groups is 1. The van der Waals surface area contributed by atoms with Crippen LogP contribution in [-0.2, 0) is 27.0 Å². The Bertz CT molecular complexity index is 1290. The summed E-state index contributed by atoms with van der Waals surface area (Å²) in [5.41, 5.74) is -1.18. The fraction of sp³-hybridized carbons (Fsp3) is 0.458. The van der Waals surface area contributed by atoms with Gasteiger partial charge in [-0.1, -0.05) is 0 Å². The molecule has 0 aromatic heterocycles. The van der Waals surface area contributed by atoms with Crippen LogP contribution in [0.15, 0.2) is 23.0 Å². The Kier molecular flexibility index (Phi) is 5.27. The molecule has 4 aliphatic rings. The third kappa shape index (κ3) is 3.20. The fourth-order valence-electron chi connectivity index (χ4n) is 6.28. The first-order valence-corrected chi connectivity index (χ1v) is 11.4. The van der Waals surface area contributed by atoms with E-state index in [1.165, 1.54) is 0 Å². The average molecular weight is 508 g/mol. The van der Waals surface area contributed by atoms with Gasteiger partial charge in [0.15, 0.2) is 11.4 Å². The summed E-state index contributed by atoms with van der Waals surface area (Å²) in [6.07, 6.45) is -4.98. The third-order valence-electron chi connectivity index (χ3n) is 7.82. The molecule has 1 heterocycles. The SMILES string of the molecule is NC(=O)C1=C(O)[C@@]2(O)C(=O)C3=C(O)c4c(O)cc([C@@H]5CCCN5)c(C(F)(F)F)c4CC3C[C@H]2CC1=O. The van der Waals surface area contributed by atoms with Crippen LogP contribution < -0.4 is 11.1 Å². The first-order chi connectivity index (χ1) is 16.8. The van der Waals surface area contributed by atoms with Crippen LogP contribution in [0, 0.1) is 11.8 Å². The van der Waals surface area contributed by atoms with Gasteiger partial charge >= 0.3 is 6.18 Å². The minimum atomic E-state index is -4.84. The van der Waals surface area contributed by atoms with Crippen molar-refractivity contribution in [3.8, 4) is 5.75 Å². The van der Waals surface area contributed by atoms with Crippen LogP contribution >= 0.6 is 0 Å². The van der Waals surface area contributed by atoms with Gasteiger partial charge in [0.25, 0.3) is 5.91 Å². The lowest BCUT2D eigenvalue weighted by atomic mass is 9.59. The predicted molar refractivity (Wildman–Crippen MR) is 116 cm³/mol. The molecule has 1 aliphatic heterocycles. The molecule has 12 heteroatoms. The molecule has 1 aromatic rings. The average Bonchev–Trinajstić information content (AvgIpc) is 3.29. The second-order valence-corrected chi connectivity index (χ2v) is 9.77. The zero-order valence-corrected chi connectivity index (χ0v) is 18.8. The number of ketones is 2. The summed E-state index contributed by atoms with van der Waals surface area (Å²) >= 11 is 0. The predicted octanol–water partition coefficient (Wildman–Crippen LogP) is 1.87. The van der Waals surface area contributed by atoms with Gasteiger partial charge in [0.1, 0.15) is 22.8 Å². The van der Waals surface area contributed by atoms with Crippen LogP contribution in [0.4, 0.5) is 13.2 Å². The van der Waals surface area contributed by atoms with Crippen molar-refractivity contribution in [2.75, 3.05) is 6.54 Å². The minimum Gasteiger partial charge on any atom is -0.508 e. The lowest BCUT2D eigenvalue weighted by Crippen LogP contribution is -2.58. The van der Waals surface area contributed by atoms with Crippen molar-refractivity contribution in [2.24, 2.45) is 17.6 Å². The Hall–Kier alpha value is -3.38. The van der Waals surface area contributed by atoms with Crippen LogP contribution in [-0.4, -0.2) is 50.0 Å². The number of carbonyl (C=O) groups excluding carboxylic acids is 3. The maximum atomic E-state index is 14.4. The number of phenols is 1. The van der Waals surface area contributed by atoms with Gasteiger partial charge in [0.2, 0.25) is 5.78 Å². The first-order valence-electron chi connectivity index (χ1n) is 11.4. The van der Waals surface area contributed by atoms with E-state index in [4.69, 9.17) is 5.73 Å². The summed E-state index contributed by atoms with van der Waals surface area (Å²) in [7, 11) is 0. The molecule has 7 N–H and O–H groups in total. The van der Waals surface area contributed by atoms with Crippen molar-refractivity contribution >= 4 is 23.2 Å². The van der Waals surface area contributed by atoms with Crippen LogP contribution in [0.2, 0.25) is 0 Å². The number of hydrogen-bond donors (Lipinski definition) is 6. The maximum absolute atomic E-state index is 14.4. The van der Waals surface area contributed by atoms with Gasteiger partial charge in [-0.15, -0.1) is 0 Å². The molecule has 1 saturated heterocycles. The van der Waals surface area contributed by atoms with Crippen LogP contribution in [0.25, 0.3) is 5.76 Å². The summed E-state index contributed by atoms with van der Waals surface area (Å²) in [6.45, 7) is 0.505. The van der Waals surface area contributed by atoms with Gasteiger partial charge in [-0.05, 0) is 55.3 Å². The number of phenolic OH excluding ortho intramolecular Hbond substituents is 1. The Morgan fingerprint density at radius 3 is 2.44 bits per heavy atom. The lowest BCUT2D eigenvalue weighted by molar-refractivity contribution is -0.147. The summed E-state index contributed by atoms with van der Waals surface area (Å²) in [5, 5.41) is 46.4. The van der Waals surface area contributed by atoms with Gasteiger partial charge in [-0.25, -0.2) is 0 Å². The zero-order valence-electron chi connectivity index (χ0n) is 18.8. The summed E-state index contributed by atoms with van der Waals surface area (Å²) in [6, 6.07) is 0.266. The molecule has 1 unspecified atom stereocenters. The molecule has 2 fully saturated rings. The van der Waals surface area contributed by atoms with E-state index in [1.54, 1.807) is 0 Å². The number of alkyl halides is 3. The Morgan fingerprint density at radius 2 is 1.86 bits per heavy atom. The molecule has 1 aromatic carbocycles. The quantitative estimate of drug-likeness (QED) is 0.329. The molecular formula is C24H23F3N2O7. The molecule has 5 rings (SSSR count). The number of carbonyl (C=O) groups is 3. The van der Waals surface area contributed by atoms with Crippen molar-refractivity contribution in [3.05, 3.63) is 45.2 Å². The number of primary amides is 1. The summed E-state index contributed by atoms with van der Waals surface area (Å²) < 4.78 is 43.1. The standard InChI is InChI=1S/C24H23F3N2O7/c25-24(26,27)18-10(12-2-1-3-29-12)7-14(31)16-11(18)5-8-4-9-6-13(30)17(22(28)35)21(34)23(9,36)20(33)15(8)19(16)32/h7-9,12,29,31-32,34,36H,1-6H2,(H2,28,35)/t8?,9-,12-,23-/m0/s1. The second kappa shape index (κ2) is 7.81. The number of aliphatic hydroxyl groups excluding tert-OH is 2.